The van der Waals surface area contributed by atoms with Crippen molar-refractivity contribution in [2.45, 2.75) is 12.2 Å². The van der Waals surface area contributed by atoms with Gasteiger partial charge >= 0.3 is 12.1 Å². The number of halogens is 3. The third-order valence-corrected chi connectivity index (χ3v) is 5.00. The van der Waals surface area contributed by atoms with Crippen LogP contribution < -0.4 is 10.1 Å². The number of amides is 1. The number of hydrogen-bond donors (Lipinski definition) is 2. The Labute approximate surface area is 173 Å². The predicted octanol–water partition coefficient (Wildman–Crippen LogP) is 4.91. The lowest BCUT2D eigenvalue weighted by Gasteiger charge is -2.14. The van der Waals surface area contributed by atoms with Crippen LogP contribution in [-0.4, -0.2) is 29.8 Å². The Morgan fingerprint density at radius 2 is 1.70 bits per heavy atom. The van der Waals surface area contributed by atoms with E-state index in [9.17, 15) is 27.9 Å². The lowest BCUT2D eigenvalue weighted by Crippen LogP contribution is -2.33. The molecule has 3 rings (SSSR count). The van der Waals surface area contributed by atoms with Crippen LogP contribution in [0.2, 0.25) is 0 Å². The number of alkyl halides is 3. The molecule has 0 aliphatic carbocycles. The molecule has 2 aromatic carbocycles. The van der Waals surface area contributed by atoms with E-state index in [0.29, 0.717) is 21.6 Å². The summed E-state index contributed by atoms with van der Waals surface area (Å²) in [6.07, 6.45) is -4.41. The van der Waals surface area contributed by atoms with Gasteiger partial charge in [0.2, 0.25) is 0 Å². The molecule has 0 fully saturated rings. The zero-order valence-electron chi connectivity index (χ0n) is 15.3. The number of aliphatic carboxylic acids is 1. The molecule has 0 aliphatic heterocycles. The van der Waals surface area contributed by atoms with Crippen molar-refractivity contribution in [3.8, 4) is 16.9 Å². The highest BCUT2D eigenvalue weighted by Gasteiger charge is 2.28. The monoisotopic (exact) mass is 435 g/mol. The van der Waals surface area contributed by atoms with Crippen molar-refractivity contribution >= 4 is 23.2 Å². The standard InChI is InChI=1S/C21H16F3NO4S/c22-21(23,24)12-29-16-8-6-13(7-9-16)15-10-17(30-11-15)19(26)25-18(20(27)28)14-4-2-1-3-5-14/h1-11,18H,12H2,(H,25,26)(H,27,28). The fourth-order valence-corrected chi connectivity index (χ4v) is 3.47. The average molecular weight is 435 g/mol. The Morgan fingerprint density at radius 1 is 1.03 bits per heavy atom. The van der Waals surface area contributed by atoms with E-state index in [4.69, 9.17) is 0 Å². The number of carbonyl (C=O) groups excluding carboxylic acids is 1. The summed E-state index contributed by atoms with van der Waals surface area (Å²) < 4.78 is 41.3. The van der Waals surface area contributed by atoms with Gasteiger partial charge in [0.1, 0.15) is 5.75 Å². The van der Waals surface area contributed by atoms with Gasteiger partial charge in [0.05, 0.1) is 4.88 Å². The van der Waals surface area contributed by atoms with Crippen molar-refractivity contribution in [1.82, 2.24) is 5.32 Å². The van der Waals surface area contributed by atoms with E-state index in [1.807, 2.05) is 0 Å². The fraction of sp³-hybridized carbons (Fsp3) is 0.143. The molecule has 1 atom stereocenters. The van der Waals surface area contributed by atoms with Gasteiger partial charge in [-0.3, -0.25) is 4.79 Å². The van der Waals surface area contributed by atoms with Gasteiger partial charge in [-0.15, -0.1) is 11.3 Å². The van der Waals surface area contributed by atoms with Crippen LogP contribution in [0.1, 0.15) is 21.3 Å². The minimum absolute atomic E-state index is 0.0800. The van der Waals surface area contributed by atoms with Crippen molar-refractivity contribution < 1.29 is 32.6 Å². The van der Waals surface area contributed by atoms with Gasteiger partial charge in [0, 0.05) is 0 Å². The summed E-state index contributed by atoms with van der Waals surface area (Å²) in [7, 11) is 0. The number of carboxylic acids is 1. The summed E-state index contributed by atoms with van der Waals surface area (Å²) in [6.45, 7) is -1.37. The second kappa shape index (κ2) is 9.00. The van der Waals surface area contributed by atoms with E-state index in [-0.39, 0.29) is 5.75 Å². The number of carboxylic acid groups (broad SMARTS) is 1. The van der Waals surface area contributed by atoms with Gasteiger partial charge in [-0.25, -0.2) is 4.79 Å². The topological polar surface area (TPSA) is 75.6 Å². The molecule has 0 saturated heterocycles. The maximum atomic E-state index is 12.5. The van der Waals surface area contributed by atoms with E-state index in [2.05, 4.69) is 10.1 Å². The molecule has 3 aromatic rings. The van der Waals surface area contributed by atoms with Gasteiger partial charge < -0.3 is 15.2 Å². The maximum absolute atomic E-state index is 12.5. The summed E-state index contributed by atoms with van der Waals surface area (Å²) in [5.41, 5.74) is 1.81. The molecular formula is C21H16F3NO4S. The highest BCUT2D eigenvalue weighted by Crippen LogP contribution is 2.28. The molecular weight excluding hydrogens is 419 g/mol. The van der Waals surface area contributed by atoms with E-state index in [1.165, 1.54) is 12.1 Å². The number of thiophene rings is 1. The molecule has 30 heavy (non-hydrogen) atoms. The Morgan fingerprint density at radius 3 is 2.30 bits per heavy atom. The zero-order chi connectivity index (χ0) is 21.7. The maximum Gasteiger partial charge on any atom is 0.422 e. The van der Waals surface area contributed by atoms with E-state index in [0.717, 1.165) is 11.3 Å². The summed E-state index contributed by atoms with van der Waals surface area (Å²) >= 11 is 1.13. The van der Waals surface area contributed by atoms with Crippen LogP contribution in [0, 0.1) is 0 Å². The van der Waals surface area contributed by atoms with Crippen LogP contribution in [0.5, 0.6) is 5.75 Å². The minimum atomic E-state index is -4.41. The molecule has 0 radical (unpaired) electrons. The first-order valence-corrected chi connectivity index (χ1v) is 9.58. The average Bonchev–Trinajstić information content (AvgIpc) is 3.21. The Balaban J connectivity index is 1.69. The number of nitrogens with one attached hydrogen (secondary N) is 1. The molecule has 1 unspecified atom stereocenters. The summed E-state index contributed by atoms with van der Waals surface area (Å²) in [5.74, 6) is -1.63. The van der Waals surface area contributed by atoms with Crippen LogP contribution in [0.3, 0.4) is 0 Å². The van der Waals surface area contributed by atoms with Crippen LogP contribution >= 0.6 is 11.3 Å². The SMILES string of the molecule is O=C(NC(C(=O)O)c1ccccc1)c1cc(-c2ccc(OCC(F)(F)F)cc2)cs1. The quantitative estimate of drug-likeness (QED) is 0.553. The van der Waals surface area contributed by atoms with Gasteiger partial charge in [-0.2, -0.15) is 13.2 Å². The molecule has 5 nitrogen and oxygen atoms in total. The molecule has 0 aliphatic rings. The molecule has 1 aromatic heterocycles. The summed E-state index contributed by atoms with van der Waals surface area (Å²) in [6, 6.07) is 14.7. The minimum Gasteiger partial charge on any atom is -0.484 e. The number of hydrogen-bond acceptors (Lipinski definition) is 4. The van der Waals surface area contributed by atoms with Crippen LogP contribution in [0.15, 0.2) is 66.0 Å². The van der Waals surface area contributed by atoms with Gasteiger partial charge in [0.15, 0.2) is 12.6 Å². The smallest absolute Gasteiger partial charge is 0.422 e. The molecule has 1 heterocycles. The first kappa shape index (κ1) is 21.4. The molecule has 156 valence electrons. The first-order valence-electron chi connectivity index (χ1n) is 8.70. The number of benzene rings is 2. The van der Waals surface area contributed by atoms with Gasteiger partial charge in [-0.05, 0) is 40.3 Å². The van der Waals surface area contributed by atoms with Crippen molar-refractivity contribution in [3.05, 3.63) is 76.5 Å². The predicted molar refractivity (Wildman–Crippen MR) is 106 cm³/mol. The molecule has 9 heteroatoms. The second-order valence-electron chi connectivity index (χ2n) is 6.28. The molecule has 2 N–H and O–H groups in total. The van der Waals surface area contributed by atoms with Crippen molar-refractivity contribution in [2.24, 2.45) is 0 Å². The lowest BCUT2D eigenvalue weighted by molar-refractivity contribution is -0.153. The Bertz CT molecular complexity index is 1020. The molecule has 0 spiro atoms. The van der Waals surface area contributed by atoms with Crippen LogP contribution in [-0.2, 0) is 4.79 Å². The number of carbonyl (C=O) groups is 2. The third-order valence-electron chi connectivity index (χ3n) is 4.07. The number of ether oxygens (including phenoxy) is 1. The molecule has 1 amide bonds. The first-order chi connectivity index (χ1) is 14.2. The Hall–Kier alpha value is -3.33. The largest absolute Gasteiger partial charge is 0.484 e. The van der Waals surface area contributed by atoms with E-state index < -0.39 is 30.7 Å². The van der Waals surface area contributed by atoms with Gasteiger partial charge in [0.25, 0.3) is 5.91 Å². The van der Waals surface area contributed by atoms with E-state index >= 15 is 0 Å². The normalized spacial score (nSPS) is 12.2. The Kier molecular flexibility index (Phi) is 6.41. The van der Waals surface area contributed by atoms with Crippen molar-refractivity contribution in [1.29, 1.82) is 0 Å². The molecule has 0 saturated carbocycles. The number of rotatable bonds is 7. The van der Waals surface area contributed by atoms with Gasteiger partial charge in [-0.1, -0.05) is 42.5 Å². The van der Waals surface area contributed by atoms with Crippen LogP contribution in [0.25, 0.3) is 11.1 Å². The summed E-state index contributed by atoms with van der Waals surface area (Å²) in [5, 5.41) is 13.6. The van der Waals surface area contributed by atoms with Crippen molar-refractivity contribution in [3.63, 3.8) is 0 Å². The van der Waals surface area contributed by atoms with Crippen molar-refractivity contribution in [2.75, 3.05) is 6.61 Å². The van der Waals surface area contributed by atoms with Crippen LogP contribution in [0.4, 0.5) is 13.2 Å². The highest BCUT2D eigenvalue weighted by molar-refractivity contribution is 7.12. The van der Waals surface area contributed by atoms with E-state index in [1.54, 1.807) is 53.9 Å². The molecule has 0 bridgehead atoms. The second-order valence-corrected chi connectivity index (χ2v) is 7.19. The summed E-state index contributed by atoms with van der Waals surface area (Å²) in [4.78, 5) is 24.4. The lowest BCUT2D eigenvalue weighted by atomic mass is 10.1. The highest BCUT2D eigenvalue weighted by atomic mass is 32.1. The zero-order valence-corrected chi connectivity index (χ0v) is 16.2. The fourth-order valence-electron chi connectivity index (χ4n) is 2.65. The third kappa shape index (κ3) is 5.60.